The second kappa shape index (κ2) is 5.66. The van der Waals surface area contributed by atoms with E-state index in [-0.39, 0.29) is 11.5 Å². The van der Waals surface area contributed by atoms with Crippen molar-refractivity contribution in [2.45, 2.75) is 44.6 Å². The molecule has 0 spiro atoms. The number of aromatic nitrogens is 3. The number of nitrogens with zero attached hydrogens (tertiary/aromatic N) is 4. The molecule has 2 heterocycles. The largest absolute Gasteiger partial charge is 0.338 e. The molecule has 1 amide bonds. The number of carbonyl (C=O) groups excluding carboxylic acids is 1. The summed E-state index contributed by atoms with van der Waals surface area (Å²) in [5.41, 5.74) is 1.98. The van der Waals surface area contributed by atoms with Crippen LogP contribution in [0.15, 0.2) is 36.5 Å². The van der Waals surface area contributed by atoms with Gasteiger partial charge in [-0.15, -0.1) is 5.10 Å². The van der Waals surface area contributed by atoms with Crippen LogP contribution < -0.4 is 0 Å². The minimum absolute atomic E-state index is 0.0166. The SMILES string of the molecule is O=C(N1CC(n2cc(-c3ccccc3)nn2)C1)C12CC3CC(CC(C3)C1)C2. The second-order valence-corrected chi connectivity index (χ2v) is 9.51. The fraction of sp³-hybridized carbons (Fsp3) is 0.591. The van der Waals surface area contributed by atoms with Crippen molar-refractivity contribution in [3.8, 4) is 11.3 Å². The van der Waals surface area contributed by atoms with Crippen LogP contribution in [-0.4, -0.2) is 38.9 Å². The van der Waals surface area contributed by atoms with E-state index in [0.717, 1.165) is 61.4 Å². The number of hydrogen-bond acceptors (Lipinski definition) is 3. The maximum Gasteiger partial charge on any atom is 0.228 e. The maximum absolute atomic E-state index is 13.4. The molecule has 1 saturated heterocycles. The first-order valence-corrected chi connectivity index (χ1v) is 10.5. The molecular weight excluding hydrogens is 336 g/mol. The minimum Gasteiger partial charge on any atom is -0.338 e. The third-order valence-corrected chi connectivity index (χ3v) is 7.60. The number of hydrogen-bond donors (Lipinski definition) is 0. The van der Waals surface area contributed by atoms with E-state index in [4.69, 9.17) is 0 Å². The van der Waals surface area contributed by atoms with Crippen LogP contribution in [0.1, 0.15) is 44.6 Å². The van der Waals surface area contributed by atoms with E-state index >= 15 is 0 Å². The Kier molecular flexibility index (Phi) is 3.32. The summed E-state index contributed by atoms with van der Waals surface area (Å²) in [6.45, 7) is 1.58. The van der Waals surface area contributed by atoms with Crippen LogP contribution in [0.4, 0.5) is 0 Å². The summed E-state index contributed by atoms with van der Waals surface area (Å²) >= 11 is 0. The quantitative estimate of drug-likeness (QED) is 0.839. The lowest BCUT2D eigenvalue weighted by Crippen LogP contribution is -2.60. The molecule has 0 unspecified atom stereocenters. The van der Waals surface area contributed by atoms with Gasteiger partial charge in [0.15, 0.2) is 0 Å². The fourth-order valence-electron chi connectivity index (χ4n) is 6.69. The molecule has 2 aromatic rings. The summed E-state index contributed by atoms with van der Waals surface area (Å²) in [5, 5.41) is 8.65. The third kappa shape index (κ3) is 2.47. The molecule has 1 aromatic heterocycles. The molecule has 1 aliphatic heterocycles. The lowest BCUT2D eigenvalue weighted by molar-refractivity contribution is -0.163. The predicted octanol–water partition coefficient (Wildman–Crippen LogP) is 3.54. The average molecular weight is 362 g/mol. The van der Waals surface area contributed by atoms with E-state index < -0.39 is 0 Å². The van der Waals surface area contributed by atoms with Crippen molar-refractivity contribution in [3.63, 3.8) is 0 Å². The number of likely N-dealkylation sites (tertiary alicyclic amines) is 1. The fourth-order valence-corrected chi connectivity index (χ4v) is 6.69. The van der Waals surface area contributed by atoms with Crippen molar-refractivity contribution >= 4 is 5.91 Å². The van der Waals surface area contributed by atoms with Gasteiger partial charge in [-0.2, -0.15) is 0 Å². The minimum atomic E-state index is -0.0166. The predicted molar refractivity (Wildman–Crippen MR) is 102 cm³/mol. The summed E-state index contributed by atoms with van der Waals surface area (Å²) in [7, 11) is 0. The lowest BCUT2D eigenvalue weighted by atomic mass is 9.49. The molecule has 4 bridgehead atoms. The molecule has 7 rings (SSSR count). The van der Waals surface area contributed by atoms with E-state index in [1.54, 1.807) is 0 Å². The van der Waals surface area contributed by atoms with Gasteiger partial charge in [-0.3, -0.25) is 4.79 Å². The zero-order valence-electron chi connectivity index (χ0n) is 15.6. The molecule has 140 valence electrons. The highest BCUT2D eigenvalue weighted by atomic mass is 16.2. The van der Waals surface area contributed by atoms with E-state index in [2.05, 4.69) is 27.3 Å². The highest BCUT2D eigenvalue weighted by Gasteiger charge is 2.56. The van der Waals surface area contributed by atoms with Crippen molar-refractivity contribution in [2.24, 2.45) is 23.2 Å². The monoisotopic (exact) mass is 362 g/mol. The van der Waals surface area contributed by atoms with E-state index in [9.17, 15) is 4.79 Å². The number of rotatable bonds is 3. The Balaban J connectivity index is 1.14. The molecule has 5 nitrogen and oxygen atoms in total. The second-order valence-electron chi connectivity index (χ2n) is 9.51. The van der Waals surface area contributed by atoms with E-state index in [1.165, 1.54) is 19.3 Å². The molecule has 1 aromatic carbocycles. The highest BCUT2D eigenvalue weighted by Crippen LogP contribution is 2.60. The van der Waals surface area contributed by atoms with Crippen LogP contribution in [-0.2, 0) is 4.79 Å². The maximum atomic E-state index is 13.4. The van der Waals surface area contributed by atoms with Gasteiger partial charge in [0, 0.05) is 18.7 Å². The topological polar surface area (TPSA) is 51.0 Å². The standard InChI is InChI=1S/C22H26N4O/c27-21(22-9-15-6-16(10-22)8-17(7-15)11-22)25-12-19(13-25)26-14-20(23-24-26)18-4-2-1-3-5-18/h1-5,14-17,19H,6-13H2. The number of carbonyl (C=O) groups is 1. The van der Waals surface area contributed by atoms with Gasteiger partial charge in [-0.1, -0.05) is 35.5 Å². The van der Waals surface area contributed by atoms with Gasteiger partial charge in [-0.25, -0.2) is 4.68 Å². The first-order valence-electron chi connectivity index (χ1n) is 10.5. The summed E-state index contributed by atoms with van der Waals surface area (Å²) in [6, 6.07) is 10.4. The molecule has 0 atom stereocenters. The van der Waals surface area contributed by atoms with Crippen LogP contribution in [0.2, 0.25) is 0 Å². The normalized spacial score (nSPS) is 34.7. The Morgan fingerprint density at radius 1 is 0.963 bits per heavy atom. The lowest BCUT2D eigenvalue weighted by Gasteiger charge is -2.57. The molecule has 4 saturated carbocycles. The zero-order chi connectivity index (χ0) is 18.0. The molecule has 0 N–H and O–H groups in total. The molecule has 4 aliphatic carbocycles. The van der Waals surface area contributed by atoms with Crippen molar-refractivity contribution in [3.05, 3.63) is 36.5 Å². The number of benzene rings is 1. The Morgan fingerprint density at radius 2 is 1.59 bits per heavy atom. The first-order chi connectivity index (χ1) is 13.2. The third-order valence-electron chi connectivity index (χ3n) is 7.60. The van der Waals surface area contributed by atoms with Gasteiger partial charge in [-0.05, 0) is 56.3 Å². The highest BCUT2D eigenvalue weighted by molar-refractivity contribution is 5.84. The first kappa shape index (κ1) is 15.8. The Hall–Kier alpha value is -2.17. The molecule has 5 heteroatoms. The Morgan fingerprint density at radius 3 is 2.22 bits per heavy atom. The zero-order valence-corrected chi connectivity index (χ0v) is 15.6. The molecule has 0 radical (unpaired) electrons. The van der Waals surface area contributed by atoms with E-state index in [0.29, 0.717) is 5.91 Å². The molecule has 27 heavy (non-hydrogen) atoms. The van der Waals surface area contributed by atoms with Crippen molar-refractivity contribution in [1.29, 1.82) is 0 Å². The van der Waals surface area contributed by atoms with E-state index in [1.807, 2.05) is 29.1 Å². The smallest absolute Gasteiger partial charge is 0.228 e. The molecule has 5 aliphatic rings. The molecular formula is C22H26N4O. The van der Waals surface area contributed by atoms with Crippen LogP contribution in [0.25, 0.3) is 11.3 Å². The van der Waals surface area contributed by atoms with Crippen LogP contribution in [0.5, 0.6) is 0 Å². The van der Waals surface area contributed by atoms with Crippen molar-refractivity contribution < 1.29 is 4.79 Å². The summed E-state index contributed by atoms with van der Waals surface area (Å²) in [6.07, 6.45) is 9.64. The van der Waals surface area contributed by atoms with Gasteiger partial charge >= 0.3 is 0 Å². The Bertz CT molecular complexity index is 832. The van der Waals surface area contributed by atoms with Gasteiger partial charge < -0.3 is 4.90 Å². The van der Waals surface area contributed by atoms with Crippen molar-refractivity contribution in [1.82, 2.24) is 19.9 Å². The van der Waals surface area contributed by atoms with Crippen LogP contribution >= 0.6 is 0 Å². The summed E-state index contributed by atoms with van der Waals surface area (Å²) in [5.74, 6) is 2.91. The average Bonchev–Trinajstić information content (AvgIpc) is 3.10. The van der Waals surface area contributed by atoms with Gasteiger partial charge in [0.25, 0.3) is 0 Å². The van der Waals surface area contributed by atoms with Crippen LogP contribution in [0.3, 0.4) is 0 Å². The Labute approximate surface area is 159 Å². The summed E-state index contributed by atoms with van der Waals surface area (Å²) < 4.78 is 1.95. The molecule has 5 fully saturated rings. The van der Waals surface area contributed by atoms with Gasteiger partial charge in [0.1, 0.15) is 5.69 Å². The van der Waals surface area contributed by atoms with Gasteiger partial charge in [0.2, 0.25) is 5.91 Å². The van der Waals surface area contributed by atoms with Crippen LogP contribution in [0, 0.1) is 23.2 Å². The summed E-state index contributed by atoms with van der Waals surface area (Å²) in [4.78, 5) is 15.5. The van der Waals surface area contributed by atoms with Gasteiger partial charge in [0.05, 0.1) is 17.7 Å². The van der Waals surface area contributed by atoms with Crippen molar-refractivity contribution in [2.75, 3.05) is 13.1 Å². The number of amides is 1.